The molecule has 0 spiro atoms. The summed E-state index contributed by atoms with van der Waals surface area (Å²) in [6.45, 7) is 4.15. The minimum atomic E-state index is -0.575. The van der Waals surface area contributed by atoms with Crippen LogP contribution in [0.25, 0.3) is 0 Å². The lowest BCUT2D eigenvalue weighted by Gasteiger charge is -2.36. The molecule has 0 atom stereocenters. The van der Waals surface area contributed by atoms with Crippen LogP contribution in [0.1, 0.15) is 22.7 Å². The fraction of sp³-hybridized carbons (Fsp3) is 0.500. The average Bonchev–Trinajstić information content (AvgIpc) is 3.17. The van der Waals surface area contributed by atoms with Crippen molar-refractivity contribution in [3.05, 3.63) is 34.5 Å². The van der Waals surface area contributed by atoms with E-state index in [4.69, 9.17) is 0 Å². The molecular formula is C14H19N5OS. The Labute approximate surface area is 127 Å². The maximum absolute atomic E-state index is 12.8. The third-order valence-corrected chi connectivity index (χ3v) is 4.80. The van der Waals surface area contributed by atoms with Crippen molar-refractivity contribution in [2.75, 3.05) is 13.1 Å². The second kappa shape index (κ2) is 5.95. The van der Waals surface area contributed by atoms with Crippen molar-refractivity contribution in [1.82, 2.24) is 25.4 Å². The van der Waals surface area contributed by atoms with Crippen molar-refractivity contribution < 1.29 is 4.79 Å². The maximum atomic E-state index is 12.8. The van der Waals surface area contributed by atoms with Crippen molar-refractivity contribution >= 4 is 17.2 Å². The fourth-order valence-electron chi connectivity index (χ4n) is 2.74. The highest BCUT2D eigenvalue weighted by Crippen LogP contribution is 2.27. The third kappa shape index (κ3) is 2.84. The van der Waals surface area contributed by atoms with Gasteiger partial charge in [0.1, 0.15) is 5.54 Å². The van der Waals surface area contributed by atoms with Crippen LogP contribution in [0.3, 0.4) is 0 Å². The molecule has 1 fully saturated rings. The minimum absolute atomic E-state index is 0.0405. The molecule has 6 nitrogen and oxygen atoms in total. The van der Waals surface area contributed by atoms with Crippen LogP contribution in [-0.4, -0.2) is 33.8 Å². The molecule has 0 aromatic carbocycles. The molecule has 7 heteroatoms. The SMILES string of the molecule is Cc1ncc(CNC(=O)C2(n3cccn3)CCNCC2)s1. The van der Waals surface area contributed by atoms with Crippen LogP contribution >= 0.6 is 11.3 Å². The van der Waals surface area contributed by atoms with E-state index in [9.17, 15) is 4.79 Å². The Kier molecular flexibility index (Phi) is 4.03. The van der Waals surface area contributed by atoms with E-state index in [0.29, 0.717) is 6.54 Å². The summed E-state index contributed by atoms with van der Waals surface area (Å²) in [5.41, 5.74) is -0.575. The molecule has 1 aliphatic rings. The van der Waals surface area contributed by atoms with Gasteiger partial charge in [0.2, 0.25) is 5.91 Å². The van der Waals surface area contributed by atoms with Gasteiger partial charge in [0.15, 0.2) is 0 Å². The van der Waals surface area contributed by atoms with Crippen LogP contribution in [-0.2, 0) is 16.9 Å². The average molecular weight is 305 g/mol. The summed E-state index contributed by atoms with van der Waals surface area (Å²) in [4.78, 5) is 18.1. The number of thiazole rings is 1. The standard InChI is InChI=1S/C14H19N5OS/c1-11-16-9-12(21-11)10-17-13(20)14(3-6-15-7-4-14)19-8-2-5-18-19/h2,5,8-9,15H,3-4,6-7,10H2,1H3,(H,17,20). The lowest BCUT2D eigenvalue weighted by atomic mass is 9.87. The van der Waals surface area contributed by atoms with Crippen molar-refractivity contribution in [2.24, 2.45) is 0 Å². The van der Waals surface area contributed by atoms with Crippen molar-refractivity contribution in [3.63, 3.8) is 0 Å². The number of aryl methyl sites for hydroxylation is 1. The van der Waals surface area contributed by atoms with Crippen LogP contribution in [0.4, 0.5) is 0 Å². The first-order valence-corrected chi connectivity index (χ1v) is 7.93. The molecule has 0 unspecified atom stereocenters. The first-order chi connectivity index (χ1) is 10.2. The largest absolute Gasteiger partial charge is 0.349 e. The minimum Gasteiger partial charge on any atom is -0.349 e. The number of carbonyl (C=O) groups excluding carboxylic acids is 1. The predicted molar refractivity (Wildman–Crippen MR) is 81.0 cm³/mol. The van der Waals surface area contributed by atoms with E-state index in [-0.39, 0.29) is 5.91 Å². The number of hydrogen-bond donors (Lipinski definition) is 2. The van der Waals surface area contributed by atoms with Crippen molar-refractivity contribution in [3.8, 4) is 0 Å². The fourth-order valence-corrected chi connectivity index (χ4v) is 3.48. The summed E-state index contributed by atoms with van der Waals surface area (Å²) in [5, 5.41) is 11.7. The van der Waals surface area contributed by atoms with Gasteiger partial charge in [0.05, 0.1) is 11.6 Å². The summed E-state index contributed by atoms with van der Waals surface area (Å²) in [6, 6.07) is 1.86. The van der Waals surface area contributed by atoms with Crippen LogP contribution < -0.4 is 10.6 Å². The van der Waals surface area contributed by atoms with Crippen molar-refractivity contribution in [1.29, 1.82) is 0 Å². The molecule has 2 N–H and O–H groups in total. The van der Waals surface area contributed by atoms with E-state index in [0.717, 1.165) is 35.8 Å². The molecule has 0 aliphatic carbocycles. The quantitative estimate of drug-likeness (QED) is 0.885. The Hall–Kier alpha value is -1.73. The van der Waals surface area contributed by atoms with E-state index >= 15 is 0 Å². The Balaban J connectivity index is 1.75. The molecule has 1 saturated heterocycles. The van der Waals surface area contributed by atoms with Gasteiger partial charge in [-0.2, -0.15) is 5.10 Å². The van der Waals surface area contributed by atoms with Gasteiger partial charge >= 0.3 is 0 Å². The number of carbonyl (C=O) groups is 1. The summed E-state index contributed by atoms with van der Waals surface area (Å²) >= 11 is 1.61. The van der Waals surface area contributed by atoms with E-state index in [1.54, 1.807) is 22.2 Å². The third-order valence-electron chi connectivity index (χ3n) is 3.89. The Morgan fingerprint density at radius 2 is 2.33 bits per heavy atom. The number of piperidine rings is 1. The molecule has 2 aromatic rings. The number of hydrogen-bond acceptors (Lipinski definition) is 5. The number of rotatable bonds is 4. The summed E-state index contributed by atoms with van der Waals surface area (Å²) in [7, 11) is 0. The Morgan fingerprint density at radius 1 is 1.52 bits per heavy atom. The molecule has 0 radical (unpaired) electrons. The second-order valence-electron chi connectivity index (χ2n) is 5.26. The molecule has 2 aromatic heterocycles. The van der Waals surface area contributed by atoms with E-state index < -0.39 is 5.54 Å². The lowest BCUT2D eigenvalue weighted by Crippen LogP contribution is -2.54. The van der Waals surface area contributed by atoms with Gasteiger partial charge in [-0.05, 0) is 38.9 Å². The van der Waals surface area contributed by atoms with Crippen LogP contribution in [0.15, 0.2) is 24.7 Å². The van der Waals surface area contributed by atoms with Gasteiger partial charge in [0.25, 0.3) is 0 Å². The topological polar surface area (TPSA) is 71.8 Å². The monoisotopic (exact) mass is 305 g/mol. The molecule has 21 heavy (non-hydrogen) atoms. The summed E-state index contributed by atoms with van der Waals surface area (Å²) < 4.78 is 1.81. The molecule has 112 valence electrons. The van der Waals surface area contributed by atoms with Gasteiger partial charge in [-0.1, -0.05) is 0 Å². The van der Waals surface area contributed by atoms with Gasteiger partial charge in [-0.25, -0.2) is 4.98 Å². The number of amides is 1. The van der Waals surface area contributed by atoms with Crippen LogP contribution in [0.5, 0.6) is 0 Å². The maximum Gasteiger partial charge on any atom is 0.248 e. The van der Waals surface area contributed by atoms with E-state index in [1.165, 1.54) is 0 Å². The zero-order chi connectivity index (χ0) is 14.7. The highest BCUT2D eigenvalue weighted by molar-refractivity contribution is 7.11. The first-order valence-electron chi connectivity index (χ1n) is 7.11. The van der Waals surface area contributed by atoms with E-state index in [2.05, 4.69) is 20.7 Å². The summed E-state index contributed by atoms with van der Waals surface area (Å²) in [5.74, 6) is 0.0405. The normalized spacial score (nSPS) is 17.6. The highest BCUT2D eigenvalue weighted by Gasteiger charge is 2.41. The van der Waals surface area contributed by atoms with Gasteiger partial charge in [-0.15, -0.1) is 11.3 Å². The zero-order valence-electron chi connectivity index (χ0n) is 12.0. The first kappa shape index (κ1) is 14.2. The lowest BCUT2D eigenvalue weighted by molar-refractivity contribution is -0.132. The molecule has 3 rings (SSSR count). The Morgan fingerprint density at radius 3 is 2.95 bits per heavy atom. The molecule has 0 saturated carbocycles. The molecule has 3 heterocycles. The van der Waals surface area contributed by atoms with Gasteiger partial charge in [-0.3, -0.25) is 9.48 Å². The smallest absolute Gasteiger partial charge is 0.248 e. The summed E-state index contributed by atoms with van der Waals surface area (Å²) in [6.07, 6.45) is 6.93. The Bertz CT molecular complexity index is 601. The van der Waals surface area contributed by atoms with Crippen molar-refractivity contribution in [2.45, 2.75) is 31.8 Å². The molecule has 1 amide bonds. The van der Waals surface area contributed by atoms with E-state index in [1.807, 2.05) is 25.4 Å². The van der Waals surface area contributed by atoms with Gasteiger partial charge < -0.3 is 10.6 Å². The highest BCUT2D eigenvalue weighted by atomic mass is 32.1. The van der Waals surface area contributed by atoms with Gasteiger partial charge in [0, 0.05) is 23.5 Å². The molecular weight excluding hydrogens is 286 g/mol. The molecule has 0 bridgehead atoms. The number of nitrogens with zero attached hydrogens (tertiary/aromatic N) is 3. The van der Waals surface area contributed by atoms with Crippen LogP contribution in [0, 0.1) is 6.92 Å². The second-order valence-corrected chi connectivity index (χ2v) is 6.58. The van der Waals surface area contributed by atoms with Crippen LogP contribution in [0.2, 0.25) is 0 Å². The predicted octanol–water partition coefficient (Wildman–Crippen LogP) is 1.04. The number of nitrogens with one attached hydrogen (secondary N) is 2. The number of aromatic nitrogens is 3. The molecule has 1 aliphatic heterocycles. The zero-order valence-corrected chi connectivity index (χ0v) is 12.8.